The van der Waals surface area contributed by atoms with Crippen molar-refractivity contribution in [1.29, 1.82) is 0 Å². The van der Waals surface area contributed by atoms with Crippen LogP contribution in [0.3, 0.4) is 0 Å². The molecule has 2 aliphatic rings. The second-order valence-corrected chi connectivity index (χ2v) is 6.78. The maximum atomic E-state index is 12.2. The molecule has 1 saturated carbocycles. The van der Waals surface area contributed by atoms with Crippen LogP contribution in [0, 0.1) is 5.92 Å². The Morgan fingerprint density at radius 1 is 1.26 bits per heavy atom. The molecule has 1 heterocycles. The van der Waals surface area contributed by atoms with Gasteiger partial charge in [-0.05, 0) is 30.9 Å². The fourth-order valence-electron chi connectivity index (χ4n) is 2.92. The minimum atomic E-state index is 0.0519. The normalized spacial score (nSPS) is 16.7. The molecule has 1 aromatic carbocycles. The number of amides is 1. The van der Waals surface area contributed by atoms with Crippen LogP contribution >= 0.6 is 0 Å². The fraction of sp³-hybridized carbons (Fsp3) is 0.611. The first kappa shape index (κ1) is 16.1. The van der Waals surface area contributed by atoms with Crippen molar-refractivity contribution < 1.29 is 14.3 Å². The van der Waals surface area contributed by atoms with E-state index in [2.05, 4.69) is 24.1 Å². The molecule has 126 valence electrons. The highest BCUT2D eigenvalue weighted by Gasteiger charge is 2.29. The van der Waals surface area contributed by atoms with E-state index in [1.54, 1.807) is 0 Å². The van der Waals surface area contributed by atoms with Gasteiger partial charge in [0.15, 0.2) is 11.5 Å². The Kier molecular flexibility index (Phi) is 5.06. The van der Waals surface area contributed by atoms with Gasteiger partial charge >= 0.3 is 0 Å². The second kappa shape index (κ2) is 7.21. The van der Waals surface area contributed by atoms with Crippen LogP contribution in [0.5, 0.6) is 11.5 Å². The third-order valence-corrected chi connectivity index (χ3v) is 4.11. The van der Waals surface area contributed by atoms with Crippen LogP contribution in [-0.2, 0) is 4.79 Å². The zero-order valence-electron chi connectivity index (χ0n) is 14.0. The Balaban J connectivity index is 1.50. The minimum Gasteiger partial charge on any atom is -0.486 e. The molecule has 0 bridgehead atoms. The summed E-state index contributed by atoms with van der Waals surface area (Å²) in [6.07, 6.45) is 3.07. The van der Waals surface area contributed by atoms with Gasteiger partial charge in [-0.1, -0.05) is 13.8 Å². The van der Waals surface area contributed by atoms with Crippen LogP contribution < -0.4 is 14.8 Å². The Morgan fingerprint density at radius 2 is 2.00 bits per heavy atom. The summed E-state index contributed by atoms with van der Waals surface area (Å²) in [6.45, 7) is 7.48. The molecule has 1 aliphatic carbocycles. The molecule has 1 aromatic rings. The highest BCUT2D eigenvalue weighted by atomic mass is 16.6. The van der Waals surface area contributed by atoms with Crippen LogP contribution in [0.2, 0.25) is 0 Å². The van der Waals surface area contributed by atoms with Gasteiger partial charge in [-0.25, -0.2) is 0 Å². The standard InChI is InChI=1S/C18H26N2O3/c1-13(2)12-20(15-4-5-15)8-7-18(21)19-14-3-6-16-17(11-14)23-10-9-22-16/h3,6,11,13,15H,4-5,7-10,12H2,1-2H3,(H,19,21). The molecule has 5 heteroatoms. The van der Waals surface area contributed by atoms with Gasteiger partial charge in [0, 0.05) is 37.3 Å². The van der Waals surface area contributed by atoms with Crippen LogP contribution in [-0.4, -0.2) is 43.2 Å². The molecule has 1 fully saturated rings. The number of fused-ring (bicyclic) bond motifs is 1. The third kappa shape index (κ3) is 4.61. The van der Waals surface area contributed by atoms with E-state index in [0.717, 1.165) is 24.5 Å². The van der Waals surface area contributed by atoms with Gasteiger partial charge in [0.1, 0.15) is 13.2 Å². The smallest absolute Gasteiger partial charge is 0.225 e. The van der Waals surface area contributed by atoms with Crippen molar-refractivity contribution in [3.8, 4) is 11.5 Å². The van der Waals surface area contributed by atoms with E-state index < -0.39 is 0 Å². The zero-order valence-corrected chi connectivity index (χ0v) is 14.0. The lowest BCUT2D eigenvalue weighted by Gasteiger charge is -2.23. The fourth-order valence-corrected chi connectivity index (χ4v) is 2.92. The monoisotopic (exact) mass is 318 g/mol. The molecule has 0 saturated heterocycles. The number of nitrogens with one attached hydrogen (secondary N) is 1. The predicted molar refractivity (Wildman–Crippen MR) is 90.1 cm³/mol. The van der Waals surface area contributed by atoms with Crippen molar-refractivity contribution in [3.63, 3.8) is 0 Å². The average Bonchev–Trinajstić information content (AvgIpc) is 3.36. The number of nitrogens with zero attached hydrogens (tertiary/aromatic N) is 1. The molecule has 1 amide bonds. The van der Waals surface area contributed by atoms with E-state index in [-0.39, 0.29) is 5.91 Å². The molecule has 1 N–H and O–H groups in total. The highest BCUT2D eigenvalue weighted by molar-refractivity contribution is 5.91. The molecule has 23 heavy (non-hydrogen) atoms. The maximum absolute atomic E-state index is 12.2. The number of hydrogen-bond donors (Lipinski definition) is 1. The lowest BCUT2D eigenvalue weighted by Crippen LogP contribution is -2.33. The van der Waals surface area contributed by atoms with Gasteiger partial charge < -0.3 is 14.8 Å². The summed E-state index contributed by atoms with van der Waals surface area (Å²) in [5, 5.41) is 2.96. The van der Waals surface area contributed by atoms with Gasteiger partial charge in [-0.3, -0.25) is 9.69 Å². The van der Waals surface area contributed by atoms with Crippen molar-refractivity contribution in [3.05, 3.63) is 18.2 Å². The van der Waals surface area contributed by atoms with Gasteiger partial charge in [-0.2, -0.15) is 0 Å². The molecular formula is C18H26N2O3. The quantitative estimate of drug-likeness (QED) is 0.840. The van der Waals surface area contributed by atoms with Gasteiger partial charge in [0.2, 0.25) is 5.91 Å². The minimum absolute atomic E-state index is 0.0519. The van der Waals surface area contributed by atoms with E-state index in [4.69, 9.17) is 9.47 Å². The Labute approximate surface area is 137 Å². The summed E-state index contributed by atoms with van der Waals surface area (Å²) in [7, 11) is 0. The van der Waals surface area contributed by atoms with Crippen molar-refractivity contribution in [2.24, 2.45) is 5.92 Å². The molecule has 0 radical (unpaired) electrons. The largest absolute Gasteiger partial charge is 0.486 e. The number of hydrogen-bond acceptors (Lipinski definition) is 4. The Hall–Kier alpha value is -1.75. The highest BCUT2D eigenvalue weighted by Crippen LogP contribution is 2.32. The topological polar surface area (TPSA) is 50.8 Å². The SMILES string of the molecule is CC(C)CN(CCC(=O)Nc1ccc2c(c1)OCCO2)C1CC1. The Bertz CT molecular complexity index is 555. The molecule has 3 rings (SSSR count). The van der Waals surface area contributed by atoms with Gasteiger partial charge in [-0.15, -0.1) is 0 Å². The van der Waals surface area contributed by atoms with Crippen LogP contribution in [0.4, 0.5) is 5.69 Å². The van der Waals surface area contributed by atoms with E-state index >= 15 is 0 Å². The second-order valence-electron chi connectivity index (χ2n) is 6.78. The van der Waals surface area contributed by atoms with Crippen LogP contribution in [0.25, 0.3) is 0 Å². The predicted octanol–water partition coefficient (Wildman–Crippen LogP) is 2.91. The van der Waals surface area contributed by atoms with E-state index in [0.29, 0.717) is 37.3 Å². The Morgan fingerprint density at radius 3 is 2.70 bits per heavy atom. The molecule has 5 nitrogen and oxygen atoms in total. The number of ether oxygens (including phenoxy) is 2. The van der Waals surface area contributed by atoms with E-state index in [9.17, 15) is 4.79 Å². The van der Waals surface area contributed by atoms with Crippen LogP contribution in [0.15, 0.2) is 18.2 Å². The summed E-state index contributed by atoms with van der Waals surface area (Å²) < 4.78 is 11.0. The summed E-state index contributed by atoms with van der Waals surface area (Å²) in [6, 6.07) is 6.23. The first-order valence-electron chi connectivity index (χ1n) is 8.55. The van der Waals surface area contributed by atoms with E-state index in [1.165, 1.54) is 12.8 Å². The third-order valence-electron chi connectivity index (χ3n) is 4.11. The molecule has 0 spiro atoms. The first-order valence-corrected chi connectivity index (χ1v) is 8.55. The van der Waals surface area contributed by atoms with Crippen molar-refractivity contribution >= 4 is 11.6 Å². The van der Waals surface area contributed by atoms with Crippen molar-refractivity contribution in [2.45, 2.75) is 39.2 Å². The average molecular weight is 318 g/mol. The summed E-state index contributed by atoms with van der Waals surface area (Å²) in [4.78, 5) is 14.7. The molecule has 1 aliphatic heterocycles. The van der Waals surface area contributed by atoms with Crippen molar-refractivity contribution in [1.82, 2.24) is 4.90 Å². The summed E-state index contributed by atoms with van der Waals surface area (Å²) in [5.74, 6) is 2.13. The van der Waals surface area contributed by atoms with Crippen molar-refractivity contribution in [2.75, 3.05) is 31.6 Å². The van der Waals surface area contributed by atoms with Gasteiger partial charge in [0.25, 0.3) is 0 Å². The summed E-state index contributed by atoms with van der Waals surface area (Å²) in [5.41, 5.74) is 0.765. The molecular weight excluding hydrogens is 292 g/mol. The van der Waals surface area contributed by atoms with Gasteiger partial charge in [0.05, 0.1) is 0 Å². The zero-order chi connectivity index (χ0) is 16.2. The number of carbonyl (C=O) groups is 1. The lowest BCUT2D eigenvalue weighted by molar-refractivity contribution is -0.116. The molecule has 0 atom stereocenters. The molecule has 0 aromatic heterocycles. The number of rotatable bonds is 7. The number of benzene rings is 1. The molecule has 0 unspecified atom stereocenters. The number of carbonyl (C=O) groups excluding carboxylic acids is 1. The maximum Gasteiger partial charge on any atom is 0.225 e. The van der Waals surface area contributed by atoms with E-state index in [1.807, 2.05) is 18.2 Å². The lowest BCUT2D eigenvalue weighted by atomic mass is 10.2. The summed E-state index contributed by atoms with van der Waals surface area (Å²) >= 11 is 0. The first-order chi connectivity index (χ1) is 11.1. The van der Waals surface area contributed by atoms with Crippen LogP contribution in [0.1, 0.15) is 33.1 Å². The number of anilines is 1.